The number of carboxylic acid groups (broad SMARTS) is 1. The van der Waals surface area contributed by atoms with Gasteiger partial charge in [-0.1, -0.05) is 0 Å². The number of nitrogens with zero attached hydrogens (tertiary/aromatic N) is 2. The van der Waals surface area contributed by atoms with Crippen LogP contribution in [0.4, 0.5) is 5.69 Å². The second-order valence-electron chi connectivity index (χ2n) is 4.06. The highest BCUT2D eigenvalue weighted by Crippen LogP contribution is 2.27. The molecule has 1 aromatic heterocycles. The molecule has 2 aromatic rings. The number of halogens is 2. The Labute approximate surface area is 146 Å². The normalized spacial score (nSPS) is 10.4. The van der Waals surface area contributed by atoms with Crippen molar-refractivity contribution in [2.45, 2.75) is 6.54 Å². The van der Waals surface area contributed by atoms with Crippen molar-refractivity contribution in [3.05, 3.63) is 37.2 Å². The topological polar surface area (TPSA) is 104 Å². The summed E-state index contributed by atoms with van der Waals surface area (Å²) in [7, 11) is 0. The monoisotopic (exact) mass is 513 g/mol. The van der Waals surface area contributed by atoms with Gasteiger partial charge in [-0.25, -0.2) is 0 Å². The Morgan fingerprint density at radius 1 is 1.33 bits per heavy atom. The van der Waals surface area contributed by atoms with Crippen molar-refractivity contribution < 1.29 is 19.8 Å². The number of hydrogen-bond acceptors (Lipinski definition) is 4. The molecule has 21 heavy (non-hydrogen) atoms. The van der Waals surface area contributed by atoms with E-state index >= 15 is 0 Å². The van der Waals surface area contributed by atoms with E-state index in [1.165, 1.54) is 17.1 Å². The highest BCUT2D eigenvalue weighted by atomic mass is 127. The number of carboxylic acids is 1. The fourth-order valence-corrected chi connectivity index (χ4v) is 3.44. The van der Waals surface area contributed by atoms with Crippen LogP contribution in [0.1, 0.15) is 10.4 Å². The number of aromatic nitrogens is 2. The Morgan fingerprint density at radius 2 is 2.05 bits per heavy atom. The maximum absolute atomic E-state index is 12.1. The molecule has 1 aromatic carbocycles. The van der Waals surface area contributed by atoms with Crippen LogP contribution in [-0.2, 0) is 11.3 Å². The van der Waals surface area contributed by atoms with E-state index in [1.807, 2.05) is 22.6 Å². The lowest BCUT2D eigenvalue weighted by molar-refractivity contribution is -0.137. The summed E-state index contributed by atoms with van der Waals surface area (Å²) in [6.45, 7) is -0.289. The summed E-state index contributed by atoms with van der Waals surface area (Å²) in [5.74, 6) is -1.61. The van der Waals surface area contributed by atoms with E-state index in [-0.39, 0.29) is 17.9 Å². The van der Waals surface area contributed by atoms with Gasteiger partial charge in [0.25, 0.3) is 5.91 Å². The summed E-state index contributed by atoms with van der Waals surface area (Å²) in [6.07, 6.45) is 2.75. The molecule has 0 saturated carbocycles. The second-order valence-corrected chi connectivity index (χ2v) is 6.47. The summed E-state index contributed by atoms with van der Waals surface area (Å²) in [6, 6.07) is 3.31. The van der Waals surface area contributed by atoms with Crippen LogP contribution in [0.2, 0.25) is 0 Å². The Hall–Kier alpha value is -1.37. The SMILES string of the molecule is O=C(O)Cn1cc(NC(=O)c2cc(I)cc(I)c2O)cn1. The molecule has 7 nitrogen and oxygen atoms in total. The van der Waals surface area contributed by atoms with E-state index in [0.29, 0.717) is 9.26 Å². The predicted molar refractivity (Wildman–Crippen MR) is 91.4 cm³/mol. The largest absolute Gasteiger partial charge is 0.506 e. The Bertz CT molecular complexity index is 715. The van der Waals surface area contributed by atoms with Crippen LogP contribution in [0.25, 0.3) is 0 Å². The Kier molecular flexibility index (Phi) is 5.03. The molecular weight excluding hydrogens is 504 g/mol. The van der Waals surface area contributed by atoms with E-state index in [9.17, 15) is 14.7 Å². The standard InChI is InChI=1S/C12H9I2N3O4/c13-6-1-8(11(20)9(14)2-6)12(21)16-7-3-15-17(4-7)5-10(18)19/h1-4,20H,5H2,(H,16,21)(H,18,19). The number of carbonyl (C=O) groups excluding carboxylic acids is 1. The van der Waals surface area contributed by atoms with Crippen LogP contribution in [-0.4, -0.2) is 31.9 Å². The van der Waals surface area contributed by atoms with Crippen LogP contribution in [0, 0.1) is 7.14 Å². The summed E-state index contributed by atoms with van der Waals surface area (Å²) < 4.78 is 2.59. The van der Waals surface area contributed by atoms with E-state index < -0.39 is 11.9 Å². The van der Waals surface area contributed by atoms with E-state index in [2.05, 4.69) is 33.0 Å². The summed E-state index contributed by atoms with van der Waals surface area (Å²) in [5.41, 5.74) is 0.506. The van der Waals surface area contributed by atoms with Gasteiger partial charge < -0.3 is 15.5 Å². The number of rotatable bonds is 4. The van der Waals surface area contributed by atoms with Gasteiger partial charge >= 0.3 is 5.97 Å². The van der Waals surface area contributed by atoms with Gasteiger partial charge in [-0.05, 0) is 57.3 Å². The fourth-order valence-electron chi connectivity index (χ4n) is 1.59. The second kappa shape index (κ2) is 6.60. The van der Waals surface area contributed by atoms with Gasteiger partial charge in [0.15, 0.2) is 0 Å². The molecule has 0 aliphatic rings. The predicted octanol–water partition coefficient (Wildman–Crippen LogP) is 2.13. The van der Waals surface area contributed by atoms with Gasteiger partial charge in [-0.15, -0.1) is 0 Å². The molecular formula is C12H9I2N3O4. The van der Waals surface area contributed by atoms with Crippen molar-refractivity contribution in [2.24, 2.45) is 0 Å². The highest BCUT2D eigenvalue weighted by molar-refractivity contribution is 14.1. The number of benzene rings is 1. The van der Waals surface area contributed by atoms with Crippen molar-refractivity contribution in [1.82, 2.24) is 9.78 Å². The average molecular weight is 513 g/mol. The van der Waals surface area contributed by atoms with E-state index in [1.54, 1.807) is 12.1 Å². The van der Waals surface area contributed by atoms with Crippen molar-refractivity contribution >= 4 is 62.7 Å². The zero-order valence-corrected chi connectivity index (χ0v) is 14.7. The molecule has 0 saturated heterocycles. The first-order chi connectivity index (χ1) is 9.86. The summed E-state index contributed by atoms with van der Waals surface area (Å²) >= 11 is 3.99. The van der Waals surface area contributed by atoms with E-state index in [4.69, 9.17) is 5.11 Å². The van der Waals surface area contributed by atoms with Gasteiger partial charge in [0.1, 0.15) is 12.3 Å². The molecule has 0 atom stereocenters. The molecule has 1 heterocycles. The summed E-state index contributed by atoms with van der Waals surface area (Å²) in [5, 5.41) is 25.0. The maximum Gasteiger partial charge on any atom is 0.325 e. The first kappa shape index (κ1) is 16.0. The van der Waals surface area contributed by atoms with Gasteiger partial charge in [0.2, 0.25) is 0 Å². The first-order valence-corrected chi connectivity index (χ1v) is 7.76. The third-order valence-electron chi connectivity index (χ3n) is 2.46. The molecule has 0 unspecified atom stereocenters. The molecule has 1 amide bonds. The molecule has 0 radical (unpaired) electrons. The molecule has 3 N–H and O–H groups in total. The molecule has 0 fully saturated rings. The van der Waals surface area contributed by atoms with Gasteiger partial charge in [-0.2, -0.15) is 5.10 Å². The van der Waals surface area contributed by atoms with Crippen LogP contribution in [0.5, 0.6) is 5.75 Å². The van der Waals surface area contributed by atoms with Crippen molar-refractivity contribution in [3.63, 3.8) is 0 Å². The summed E-state index contributed by atoms with van der Waals surface area (Å²) in [4.78, 5) is 22.7. The average Bonchev–Trinajstić information content (AvgIpc) is 2.80. The lowest BCUT2D eigenvalue weighted by Gasteiger charge is -2.07. The quantitative estimate of drug-likeness (QED) is 0.544. The number of anilines is 1. The number of aliphatic carboxylic acids is 1. The van der Waals surface area contributed by atoms with Crippen LogP contribution >= 0.6 is 45.2 Å². The van der Waals surface area contributed by atoms with Crippen LogP contribution in [0.3, 0.4) is 0 Å². The number of hydrogen-bond donors (Lipinski definition) is 3. The molecule has 2 rings (SSSR count). The van der Waals surface area contributed by atoms with Crippen molar-refractivity contribution in [1.29, 1.82) is 0 Å². The minimum absolute atomic E-state index is 0.0913. The van der Waals surface area contributed by atoms with Crippen LogP contribution in [0.15, 0.2) is 24.5 Å². The Morgan fingerprint density at radius 3 is 2.71 bits per heavy atom. The fraction of sp³-hybridized carbons (Fsp3) is 0.0833. The van der Waals surface area contributed by atoms with Crippen molar-refractivity contribution in [2.75, 3.05) is 5.32 Å². The third kappa shape index (κ3) is 4.06. The lowest BCUT2D eigenvalue weighted by Crippen LogP contribution is -2.13. The zero-order chi connectivity index (χ0) is 15.6. The maximum atomic E-state index is 12.1. The van der Waals surface area contributed by atoms with Gasteiger partial charge in [-0.3, -0.25) is 14.3 Å². The number of carbonyl (C=O) groups is 2. The number of nitrogens with one attached hydrogen (secondary N) is 1. The Balaban J connectivity index is 2.18. The molecule has 110 valence electrons. The number of phenols is 1. The third-order valence-corrected chi connectivity index (χ3v) is 3.91. The number of phenolic OH excluding ortho intramolecular Hbond substituents is 1. The molecule has 9 heteroatoms. The molecule has 0 aliphatic carbocycles. The molecule has 0 bridgehead atoms. The highest BCUT2D eigenvalue weighted by Gasteiger charge is 2.16. The van der Waals surface area contributed by atoms with E-state index in [0.717, 1.165) is 3.57 Å². The lowest BCUT2D eigenvalue weighted by atomic mass is 10.2. The minimum atomic E-state index is -1.03. The number of amides is 1. The smallest absolute Gasteiger partial charge is 0.325 e. The zero-order valence-electron chi connectivity index (χ0n) is 10.4. The number of aromatic hydroxyl groups is 1. The van der Waals surface area contributed by atoms with Gasteiger partial charge in [0, 0.05) is 9.77 Å². The molecule has 0 aliphatic heterocycles. The first-order valence-electron chi connectivity index (χ1n) is 5.60. The van der Waals surface area contributed by atoms with Gasteiger partial charge in [0.05, 0.1) is 21.0 Å². The molecule has 0 spiro atoms. The minimum Gasteiger partial charge on any atom is -0.506 e. The van der Waals surface area contributed by atoms with Crippen LogP contribution < -0.4 is 5.32 Å². The van der Waals surface area contributed by atoms with Crippen molar-refractivity contribution in [3.8, 4) is 5.75 Å².